The zero-order chi connectivity index (χ0) is 20.1. The van der Waals surface area contributed by atoms with Gasteiger partial charge in [0.1, 0.15) is 16.7 Å². The summed E-state index contributed by atoms with van der Waals surface area (Å²) in [5.74, 6) is 0.400. The number of rotatable bonds is 7. The highest BCUT2D eigenvalue weighted by Gasteiger charge is 2.28. The van der Waals surface area contributed by atoms with Crippen molar-refractivity contribution in [3.8, 4) is 22.6 Å². The van der Waals surface area contributed by atoms with E-state index in [2.05, 4.69) is 5.32 Å². The highest BCUT2D eigenvalue weighted by atomic mass is 32.1. The lowest BCUT2D eigenvalue weighted by atomic mass is 10.0. The minimum Gasteiger partial charge on any atom is -0.493 e. The largest absolute Gasteiger partial charge is 0.493 e. The van der Waals surface area contributed by atoms with Crippen molar-refractivity contribution in [1.82, 2.24) is 0 Å². The summed E-state index contributed by atoms with van der Waals surface area (Å²) in [4.78, 5) is 25.1. The van der Waals surface area contributed by atoms with Gasteiger partial charge in [-0.15, -0.1) is 11.3 Å². The summed E-state index contributed by atoms with van der Waals surface area (Å²) in [5.41, 5.74) is 1.74. The summed E-state index contributed by atoms with van der Waals surface area (Å²) in [6, 6.07) is 5.39. The fraction of sp³-hybridized carbons (Fsp3) is 0.400. The van der Waals surface area contributed by atoms with Gasteiger partial charge in [-0.1, -0.05) is 6.07 Å². The third-order valence-corrected chi connectivity index (χ3v) is 5.32. The predicted molar refractivity (Wildman–Crippen MR) is 106 cm³/mol. The van der Waals surface area contributed by atoms with Gasteiger partial charge in [0.05, 0.1) is 20.8 Å². The first-order chi connectivity index (χ1) is 13.6. The second-order valence-electron chi connectivity index (χ2n) is 6.13. The Bertz CT molecular complexity index is 856. The Morgan fingerprint density at radius 2 is 2.04 bits per heavy atom. The van der Waals surface area contributed by atoms with Crippen LogP contribution in [-0.4, -0.2) is 45.4 Å². The van der Waals surface area contributed by atoms with Crippen LogP contribution < -0.4 is 14.8 Å². The van der Waals surface area contributed by atoms with Gasteiger partial charge in [-0.3, -0.25) is 4.79 Å². The predicted octanol–water partition coefficient (Wildman–Crippen LogP) is 3.73. The van der Waals surface area contributed by atoms with Gasteiger partial charge in [-0.05, 0) is 37.5 Å². The Morgan fingerprint density at radius 3 is 2.68 bits per heavy atom. The molecule has 1 aliphatic rings. The van der Waals surface area contributed by atoms with Crippen molar-refractivity contribution in [3.05, 3.63) is 29.1 Å². The fourth-order valence-electron chi connectivity index (χ4n) is 3.05. The molecule has 1 fully saturated rings. The molecule has 1 saturated heterocycles. The van der Waals surface area contributed by atoms with Crippen molar-refractivity contribution in [1.29, 1.82) is 0 Å². The van der Waals surface area contributed by atoms with Gasteiger partial charge in [-0.25, -0.2) is 4.79 Å². The number of hydrogen-bond donors (Lipinski definition) is 1. The minimum absolute atomic E-state index is 0.235. The fourth-order valence-corrected chi connectivity index (χ4v) is 4.01. The maximum Gasteiger partial charge on any atom is 0.341 e. The van der Waals surface area contributed by atoms with Crippen molar-refractivity contribution >= 4 is 28.2 Å². The van der Waals surface area contributed by atoms with Crippen LogP contribution in [0.15, 0.2) is 23.6 Å². The zero-order valence-corrected chi connectivity index (χ0v) is 16.9. The molecule has 1 aromatic heterocycles. The number of hydrogen-bond acceptors (Lipinski definition) is 7. The molecule has 1 aliphatic heterocycles. The van der Waals surface area contributed by atoms with Crippen molar-refractivity contribution in [2.45, 2.75) is 25.9 Å². The second kappa shape index (κ2) is 9.07. The Labute approximate surface area is 167 Å². The monoisotopic (exact) mass is 405 g/mol. The lowest BCUT2D eigenvalue weighted by Gasteiger charge is -2.12. The molecular formula is C20H23NO6S. The zero-order valence-electron chi connectivity index (χ0n) is 16.1. The first-order valence-electron chi connectivity index (χ1n) is 9.02. The first-order valence-corrected chi connectivity index (χ1v) is 9.90. The van der Waals surface area contributed by atoms with Gasteiger partial charge in [0.15, 0.2) is 11.5 Å². The molecule has 8 heteroatoms. The van der Waals surface area contributed by atoms with E-state index in [0.717, 1.165) is 12.0 Å². The summed E-state index contributed by atoms with van der Waals surface area (Å²) in [5, 5.41) is 5.10. The summed E-state index contributed by atoms with van der Waals surface area (Å²) < 4.78 is 21.3. The number of carbonyl (C=O) groups is 2. The molecule has 2 heterocycles. The smallest absolute Gasteiger partial charge is 0.341 e. The van der Waals surface area contributed by atoms with Crippen LogP contribution >= 0.6 is 11.3 Å². The van der Waals surface area contributed by atoms with E-state index >= 15 is 0 Å². The van der Waals surface area contributed by atoms with Crippen molar-refractivity contribution in [2.24, 2.45) is 0 Å². The molecule has 1 atom stereocenters. The van der Waals surface area contributed by atoms with Crippen LogP contribution in [0.5, 0.6) is 11.5 Å². The number of amides is 1. The number of carbonyl (C=O) groups excluding carboxylic acids is 2. The third-order valence-electron chi connectivity index (χ3n) is 4.42. The van der Waals surface area contributed by atoms with Crippen LogP contribution in [0.25, 0.3) is 11.1 Å². The average molecular weight is 405 g/mol. The van der Waals surface area contributed by atoms with Crippen LogP contribution in [0.1, 0.15) is 30.1 Å². The molecule has 0 bridgehead atoms. The lowest BCUT2D eigenvalue weighted by Crippen LogP contribution is -2.27. The lowest BCUT2D eigenvalue weighted by molar-refractivity contribution is -0.124. The molecule has 7 nitrogen and oxygen atoms in total. The van der Waals surface area contributed by atoms with Gasteiger partial charge in [0.25, 0.3) is 5.91 Å². The third kappa shape index (κ3) is 4.13. The average Bonchev–Trinajstić information content (AvgIpc) is 3.37. The van der Waals surface area contributed by atoms with Crippen LogP contribution in [0.4, 0.5) is 5.00 Å². The highest BCUT2D eigenvalue weighted by molar-refractivity contribution is 7.15. The number of thiophene rings is 1. The molecule has 0 unspecified atom stereocenters. The first kappa shape index (κ1) is 20.2. The van der Waals surface area contributed by atoms with Crippen LogP contribution in [0.2, 0.25) is 0 Å². The molecule has 0 spiro atoms. The van der Waals surface area contributed by atoms with E-state index in [1.807, 2.05) is 11.4 Å². The Kier molecular flexibility index (Phi) is 6.53. The van der Waals surface area contributed by atoms with Gasteiger partial charge >= 0.3 is 5.97 Å². The maximum atomic E-state index is 12.6. The highest BCUT2D eigenvalue weighted by Crippen LogP contribution is 2.39. The van der Waals surface area contributed by atoms with Gasteiger partial charge < -0.3 is 24.3 Å². The number of nitrogens with one attached hydrogen (secondary N) is 1. The number of esters is 1. The second-order valence-corrected chi connectivity index (χ2v) is 7.01. The standard InChI is InChI=1S/C20H23NO6S/c1-4-26-20(23)17-13(12-7-8-14(24-2)16(10-12)25-3)11-28-19(17)21-18(22)15-6-5-9-27-15/h7-8,10-11,15H,4-6,9H2,1-3H3,(H,21,22)/t15-/m1/s1. The molecule has 28 heavy (non-hydrogen) atoms. The molecule has 3 rings (SSSR count). The maximum absolute atomic E-state index is 12.6. The molecule has 0 radical (unpaired) electrons. The van der Waals surface area contributed by atoms with Crippen LogP contribution in [0, 0.1) is 0 Å². The Morgan fingerprint density at radius 1 is 1.25 bits per heavy atom. The van der Waals surface area contributed by atoms with Gasteiger partial charge in [0, 0.05) is 17.6 Å². The topological polar surface area (TPSA) is 83.1 Å². The molecule has 150 valence electrons. The van der Waals surface area contributed by atoms with Crippen LogP contribution in [0.3, 0.4) is 0 Å². The summed E-state index contributed by atoms with van der Waals surface area (Å²) >= 11 is 1.28. The SMILES string of the molecule is CCOC(=O)c1c(-c2ccc(OC)c(OC)c2)csc1NC(=O)[C@H]1CCCO1. The van der Waals surface area contributed by atoms with E-state index in [-0.39, 0.29) is 12.5 Å². The van der Waals surface area contributed by atoms with E-state index in [4.69, 9.17) is 18.9 Å². The summed E-state index contributed by atoms with van der Waals surface area (Å²) in [6.07, 6.45) is 1.04. The summed E-state index contributed by atoms with van der Waals surface area (Å²) in [7, 11) is 3.11. The molecular weight excluding hydrogens is 382 g/mol. The number of ether oxygens (including phenoxy) is 4. The molecule has 2 aromatic rings. The van der Waals surface area contributed by atoms with E-state index in [1.54, 1.807) is 33.3 Å². The Hall–Kier alpha value is -2.58. The van der Waals surface area contributed by atoms with Gasteiger partial charge in [-0.2, -0.15) is 0 Å². The number of anilines is 1. The quantitative estimate of drug-likeness (QED) is 0.707. The van der Waals surface area contributed by atoms with E-state index in [1.165, 1.54) is 11.3 Å². The molecule has 0 aliphatic carbocycles. The van der Waals surface area contributed by atoms with Crippen molar-refractivity contribution < 1.29 is 28.5 Å². The Balaban J connectivity index is 1.98. The normalized spacial score (nSPS) is 15.9. The van der Waals surface area contributed by atoms with Gasteiger partial charge in [0.2, 0.25) is 0 Å². The van der Waals surface area contributed by atoms with Crippen molar-refractivity contribution in [2.75, 3.05) is 32.8 Å². The molecule has 1 aromatic carbocycles. The number of methoxy groups -OCH3 is 2. The minimum atomic E-state index is -0.490. The van der Waals surface area contributed by atoms with E-state index < -0.39 is 12.1 Å². The molecule has 0 saturated carbocycles. The summed E-state index contributed by atoms with van der Waals surface area (Å²) in [6.45, 7) is 2.55. The van der Waals surface area contributed by atoms with E-state index in [0.29, 0.717) is 40.7 Å². The molecule has 1 amide bonds. The number of benzene rings is 1. The van der Waals surface area contributed by atoms with E-state index in [9.17, 15) is 9.59 Å². The van der Waals surface area contributed by atoms with Crippen LogP contribution in [-0.2, 0) is 14.3 Å². The van der Waals surface area contributed by atoms with Crippen molar-refractivity contribution in [3.63, 3.8) is 0 Å². The molecule has 1 N–H and O–H groups in total.